The van der Waals surface area contributed by atoms with Gasteiger partial charge in [0.25, 0.3) is 0 Å². The Bertz CT molecular complexity index is 884. The van der Waals surface area contributed by atoms with E-state index in [9.17, 15) is 9.59 Å². The molecule has 0 aliphatic heterocycles. The van der Waals surface area contributed by atoms with Crippen LogP contribution in [-0.4, -0.2) is 27.2 Å². The van der Waals surface area contributed by atoms with Gasteiger partial charge in [0.1, 0.15) is 5.52 Å². The Hall–Kier alpha value is -1.79. The number of hydrogen-bond donors (Lipinski definition) is 0. The maximum atomic E-state index is 11.7. The first-order chi connectivity index (χ1) is 11.1. The molecule has 0 amide bonds. The predicted molar refractivity (Wildman–Crippen MR) is 95.7 cm³/mol. The number of rotatable bonds is 5. The zero-order valence-electron chi connectivity index (χ0n) is 11.9. The molecule has 0 bridgehead atoms. The molecule has 6 heteroatoms. The number of ketones is 2. The van der Waals surface area contributed by atoms with Gasteiger partial charge in [-0.25, -0.2) is 4.98 Å². The number of halogens is 2. The van der Waals surface area contributed by atoms with Gasteiger partial charge in [-0.1, -0.05) is 44.0 Å². The first-order valence-corrected chi connectivity index (χ1v) is 9.06. The van der Waals surface area contributed by atoms with Crippen LogP contribution in [0.3, 0.4) is 0 Å². The number of aromatic nitrogens is 1. The molecule has 0 saturated carbocycles. The number of Topliss-reactive ketones (excluding diaryl/α,β-unsaturated/α-hetero) is 2. The van der Waals surface area contributed by atoms with Gasteiger partial charge in [-0.15, -0.1) is 0 Å². The molecular weight excluding hydrogens is 426 g/mol. The molecule has 3 aromatic rings. The topological polar surface area (TPSA) is 60.2 Å². The fourth-order valence-corrected chi connectivity index (χ4v) is 2.82. The summed E-state index contributed by atoms with van der Waals surface area (Å²) in [4.78, 5) is 27.8. The van der Waals surface area contributed by atoms with Crippen molar-refractivity contribution in [1.82, 2.24) is 4.98 Å². The third kappa shape index (κ3) is 3.28. The highest BCUT2D eigenvalue weighted by atomic mass is 79.9. The Labute approximate surface area is 149 Å². The summed E-state index contributed by atoms with van der Waals surface area (Å²) in [6.45, 7) is 0. The van der Waals surface area contributed by atoms with Crippen molar-refractivity contribution in [3.8, 4) is 11.5 Å². The van der Waals surface area contributed by atoms with Crippen molar-refractivity contribution in [3.63, 3.8) is 0 Å². The second kappa shape index (κ2) is 6.76. The first kappa shape index (κ1) is 16.1. The number of hydrogen-bond acceptors (Lipinski definition) is 4. The van der Waals surface area contributed by atoms with Gasteiger partial charge in [-0.2, -0.15) is 0 Å². The second-order valence-corrected chi connectivity index (χ2v) is 6.01. The van der Waals surface area contributed by atoms with E-state index < -0.39 is 0 Å². The molecule has 23 heavy (non-hydrogen) atoms. The van der Waals surface area contributed by atoms with Crippen LogP contribution in [0.15, 0.2) is 46.9 Å². The van der Waals surface area contributed by atoms with E-state index in [4.69, 9.17) is 4.42 Å². The highest BCUT2D eigenvalue weighted by Gasteiger charge is 2.12. The zero-order valence-corrected chi connectivity index (χ0v) is 15.1. The van der Waals surface area contributed by atoms with Crippen molar-refractivity contribution in [3.05, 3.63) is 53.6 Å². The molecule has 1 aromatic heterocycles. The van der Waals surface area contributed by atoms with Gasteiger partial charge >= 0.3 is 0 Å². The number of nitrogens with zero attached hydrogens (tertiary/aromatic N) is 1. The zero-order chi connectivity index (χ0) is 16.4. The summed E-state index contributed by atoms with van der Waals surface area (Å²) in [6.07, 6.45) is 0. The minimum atomic E-state index is -0.00547. The lowest BCUT2D eigenvalue weighted by Crippen LogP contribution is -1.99. The normalized spacial score (nSPS) is 10.9. The summed E-state index contributed by atoms with van der Waals surface area (Å²) in [7, 11) is 0. The molecule has 4 nitrogen and oxygen atoms in total. The summed E-state index contributed by atoms with van der Waals surface area (Å²) >= 11 is 6.31. The van der Waals surface area contributed by atoms with Gasteiger partial charge in [0.15, 0.2) is 17.1 Å². The maximum absolute atomic E-state index is 11.7. The molecule has 0 fully saturated rings. The molecule has 0 saturated heterocycles. The first-order valence-electron chi connectivity index (χ1n) is 6.81. The average Bonchev–Trinajstić information content (AvgIpc) is 3.03. The van der Waals surface area contributed by atoms with Gasteiger partial charge in [0.05, 0.1) is 10.7 Å². The van der Waals surface area contributed by atoms with E-state index in [0.717, 1.165) is 5.56 Å². The maximum Gasteiger partial charge on any atom is 0.227 e. The highest BCUT2D eigenvalue weighted by molar-refractivity contribution is 9.09. The van der Waals surface area contributed by atoms with Crippen molar-refractivity contribution in [2.45, 2.75) is 0 Å². The van der Waals surface area contributed by atoms with Crippen LogP contribution < -0.4 is 0 Å². The highest BCUT2D eigenvalue weighted by Crippen LogP contribution is 2.25. The van der Waals surface area contributed by atoms with Crippen molar-refractivity contribution < 1.29 is 14.0 Å². The van der Waals surface area contributed by atoms with Crippen LogP contribution in [-0.2, 0) is 0 Å². The molecular formula is C17H11Br2NO3. The Morgan fingerprint density at radius 3 is 2.17 bits per heavy atom. The average molecular weight is 437 g/mol. The lowest BCUT2D eigenvalue weighted by atomic mass is 10.1. The summed E-state index contributed by atoms with van der Waals surface area (Å²) in [6, 6.07) is 12.3. The molecule has 2 aromatic carbocycles. The molecule has 0 unspecified atom stereocenters. The van der Waals surface area contributed by atoms with E-state index in [1.807, 2.05) is 0 Å². The monoisotopic (exact) mass is 435 g/mol. The van der Waals surface area contributed by atoms with E-state index in [0.29, 0.717) is 33.4 Å². The summed E-state index contributed by atoms with van der Waals surface area (Å²) < 4.78 is 5.72. The second-order valence-electron chi connectivity index (χ2n) is 4.89. The van der Waals surface area contributed by atoms with Gasteiger partial charge in [0, 0.05) is 16.7 Å². The van der Waals surface area contributed by atoms with Crippen LogP contribution in [0, 0.1) is 0 Å². The van der Waals surface area contributed by atoms with Crippen LogP contribution in [0.4, 0.5) is 0 Å². The Morgan fingerprint density at radius 2 is 1.52 bits per heavy atom. The molecule has 0 aliphatic rings. The van der Waals surface area contributed by atoms with Gasteiger partial charge in [-0.05, 0) is 30.3 Å². The molecule has 0 spiro atoms. The van der Waals surface area contributed by atoms with Gasteiger partial charge in [-0.3, -0.25) is 9.59 Å². The van der Waals surface area contributed by atoms with Crippen LogP contribution in [0.5, 0.6) is 0 Å². The number of oxazole rings is 1. The fourth-order valence-electron chi connectivity index (χ4n) is 2.18. The Morgan fingerprint density at radius 1 is 0.913 bits per heavy atom. The third-order valence-electron chi connectivity index (χ3n) is 3.41. The van der Waals surface area contributed by atoms with E-state index in [2.05, 4.69) is 36.8 Å². The Kier molecular flexibility index (Phi) is 4.73. The Balaban J connectivity index is 1.97. The van der Waals surface area contributed by atoms with Crippen LogP contribution in [0.2, 0.25) is 0 Å². The predicted octanol–water partition coefficient (Wildman–Crippen LogP) is 4.65. The van der Waals surface area contributed by atoms with Crippen LogP contribution >= 0.6 is 31.9 Å². The molecule has 1 heterocycles. The SMILES string of the molecule is O=C(CBr)c1ccc(-c2nc3cc(C(=O)CBr)ccc3o2)cc1. The van der Waals surface area contributed by atoms with E-state index in [1.165, 1.54) is 0 Å². The lowest BCUT2D eigenvalue weighted by molar-refractivity contribution is 0.101. The van der Waals surface area contributed by atoms with Crippen molar-refractivity contribution >= 4 is 54.5 Å². The number of carbonyl (C=O) groups excluding carboxylic acids is 2. The molecule has 0 aliphatic carbocycles. The van der Waals surface area contributed by atoms with Gasteiger partial charge in [0.2, 0.25) is 5.89 Å². The van der Waals surface area contributed by atoms with E-state index in [-0.39, 0.29) is 16.9 Å². The summed E-state index contributed by atoms with van der Waals surface area (Å²) in [5, 5.41) is 0.561. The quantitative estimate of drug-likeness (QED) is 0.431. The minimum Gasteiger partial charge on any atom is -0.436 e. The van der Waals surface area contributed by atoms with E-state index >= 15 is 0 Å². The fraction of sp³-hybridized carbons (Fsp3) is 0.118. The molecule has 0 atom stereocenters. The largest absolute Gasteiger partial charge is 0.436 e. The summed E-state index contributed by atoms with van der Waals surface area (Å²) in [5.74, 6) is 0.474. The minimum absolute atomic E-state index is 0.00547. The van der Waals surface area contributed by atoms with Gasteiger partial charge < -0.3 is 4.42 Å². The summed E-state index contributed by atoms with van der Waals surface area (Å²) in [5.41, 5.74) is 3.25. The van der Waals surface area contributed by atoms with Crippen LogP contribution in [0.25, 0.3) is 22.6 Å². The molecule has 0 N–H and O–H groups in total. The smallest absolute Gasteiger partial charge is 0.227 e. The number of alkyl halides is 2. The van der Waals surface area contributed by atoms with Crippen LogP contribution in [0.1, 0.15) is 20.7 Å². The van der Waals surface area contributed by atoms with E-state index in [1.54, 1.807) is 42.5 Å². The number of benzene rings is 2. The van der Waals surface area contributed by atoms with Crippen molar-refractivity contribution in [2.24, 2.45) is 0 Å². The third-order valence-corrected chi connectivity index (χ3v) is 4.42. The van der Waals surface area contributed by atoms with Crippen molar-refractivity contribution in [1.29, 1.82) is 0 Å². The number of carbonyl (C=O) groups is 2. The lowest BCUT2D eigenvalue weighted by Gasteiger charge is -1.98. The molecule has 116 valence electrons. The molecule has 0 radical (unpaired) electrons. The van der Waals surface area contributed by atoms with Crippen molar-refractivity contribution in [2.75, 3.05) is 10.7 Å². The number of fused-ring (bicyclic) bond motifs is 1. The molecule has 3 rings (SSSR count). The standard InChI is InChI=1S/C17H11Br2NO3/c18-8-14(21)10-1-3-11(4-2-10)17-20-13-7-12(15(22)9-19)5-6-16(13)23-17/h1-7H,8-9H2.